The summed E-state index contributed by atoms with van der Waals surface area (Å²) in [5.74, 6) is 0.581. The summed E-state index contributed by atoms with van der Waals surface area (Å²) in [4.78, 5) is 19.6. The molecule has 0 aliphatic rings. The van der Waals surface area contributed by atoms with E-state index in [-0.39, 0.29) is 17.8 Å². The largest absolute Gasteiger partial charge is 0.468 e. The molecular formula is C13H17N5O2S. The van der Waals surface area contributed by atoms with Crippen molar-refractivity contribution < 1.29 is 9.53 Å². The molecule has 0 saturated carbocycles. The van der Waals surface area contributed by atoms with E-state index in [9.17, 15) is 4.79 Å². The molecule has 2 aromatic heterocycles. The highest BCUT2D eigenvalue weighted by Crippen LogP contribution is 2.20. The average molecular weight is 307 g/mol. The van der Waals surface area contributed by atoms with Gasteiger partial charge in [-0.2, -0.15) is 5.10 Å². The maximum Gasteiger partial charge on any atom is 0.316 e. The molecule has 0 bridgehead atoms. The summed E-state index contributed by atoms with van der Waals surface area (Å²) < 4.78 is 6.35. The SMILES string of the molecule is COC(=O)CSc1cncc(NC(C)c2cnn(C)c2)n1. The van der Waals surface area contributed by atoms with Gasteiger partial charge in [0.15, 0.2) is 0 Å². The molecule has 8 heteroatoms. The Hall–Kier alpha value is -2.09. The van der Waals surface area contributed by atoms with Crippen LogP contribution in [0.5, 0.6) is 0 Å². The van der Waals surface area contributed by atoms with Gasteiger partial charge in [-0.25, -0.2) is 4.98 Å². The summed E-state index contributed by atoms with van der Waals surface area (Å²) in [6, 6.07) is 0.0638. The molecule has 0 aromatic carbocycles. The van der Waals surface area contributed by atoms with Gasteiger partial charge in [0, 0.05) is 18.8 Å². The summed E-state index contributed by atoms with van der Waals surface area (Å²) in [7, 11) is 3.24. The maximum absolute atomic E-state index is 11.1. The number of ether oxygens (including phenoxy) is 1. The maximum atomic E-state index is 11.1. The van der Waals surface area contributed by atoms with E-state index in [1.54, 1.807) is 23.3 Å². The van der Waals surface area contributed by atoms with Gasteiger partial charge in [-0.15, -0.1) is 0 Å². The van der Waals surface area contributed by atoms with E-state index >= 15 is 0 Å². The third-order valence-electron chi connectivity index (χ3n) is 2.77. The summed E-state index contributed by atoms with van der Waals surface area (Å²) in [5.41, 5.74) is 1.06. The van der Waals surface area contributed by atoms with Gasteiger partial charge in [0.25, 0.3) is 0 Å². The van der Waals surface area contributed by atoms with Gasteiger partial charge in [-0.3, -0.25) is 14.5 Å². The lowest BCUT2D eigenvalue weighted by Crippen LogP contribution is -2.08. The van der Waals surface area contributed by atoms with Crippen LogP contribution in [0.3, 0.4) is 0 Å². The normalized spacial score (nSPS) is 12.0. The van der Waals surface area contributed by atoms with Gasteiger partial charge in [0.2, 0.25) is 0 Å². The summed E-state index contributed by atoms with van der Waals surface area (Å²) in [5, 5.41) is 8.07. The van der Waals surface area contributed by atoms with Gasteiger partial charge in [0.1, 0.15) is 10.8 Å². The third-order valence-corrected chi connectivity index (χ3v) is 3.64. The third kappa shape index (κ3) is 4.45. The zero-order valence-corrected chi connectivity index (χ0v) is 12.9. The highest BCUT2D eigenvalue weighted by molar-refractivity contribution is 7.99. The second kappa shape index (κ2) is 7.07. The van der Waals surface area contributed by atoms with E-state index in [4.69, 9.17) is 0 Å². The first-order chi connectivity index (χ1) is 10.1. The average Bonchev–Trinajstić information content (AvgIpc) is 2.92. The number of nitrogens with one attached hydrogen (secondary N) is 1. The van der Waals surface area contributed by atoms with Crippen LogP contribution in [-0.2, 0) is 16.6 Å². The first-order valence-corrected chi connectivity index (χ1v) is 7.34. The quantitative estimate of drug-likeness (QED) is 0.642. The Labute approximate surface area is 127 Å². The number of esters is 1. The van der Waals surface area contributed by atoms with Crippen LogP contribution < -0.4 is 5.32 Å². The monoisotopic (exact) mass is 307 g/mol. The van der Waals surface area contributed by atoms with Crippen molar-refractivity contribution in [2.24, 2.45) is 7.05 Å². The zero-order valence-electron chi connectivity index (χ0n) is 12.1. The smallest absolute Gasteiger partial charge is 0.316 e. The number of carbonyl (C=O) groups is 1. The lowest BCUT2D eigenvalue weighted by Gasteiger charge is -2.12. The summed E-state index contributed by atoms with van der Waals surface area (Å²) >= 11 is 1.29. The standard InChI is InChI=1S/C13H17N5O2S/c1-9(10-4-15-18(2)7-10)16-11-5-14-6-12(17-11)21-8-13(19)20-3/h4-7,9H,8H2,1-3H3,(H,16,17). The molecule has 0 saturated heterocycles. The van der Waals surface area contributed by atoms with Crippen LogP contribution in [0.2, 0.25) is 0 Å². The van der Waals surface area contributed by atoms with Crippen molar-refractivity contribution in [3.8, 4) is 0 Å². The highest BCUT2D eigenvalue weighted by Gasteiger charge is 2.09. The molecule has 0 fully saturated rings. The molecule has 0 spiro atoms. The van der Waals surface area contributed by atoms with Crippen LogP contribution in [0.1, 0.15) is 18.5 Å². The highest BCUT2D eigenvalue weighted by atomic mass is 32.2. The molecule has 2 rings (SSSR count). The molecular weight excluding hydrogens is 290 g/mol. The van der Waals surface area contributed by atoms with Crippen molar-refractivity contribution in [1.29, 1.82) is 0 Å². The van der Waals surface area contributed by atoms with Gasteiger partial charge >= 0.3 is 5.97 Å². The van der Waals surface area contributed by atoms with Crippen molar-refractivity contribution in [2.75, 3.05) is 18.2 Å². The predicted molar refractivity (Wildman–Crippen MR) is 80.0 cm³/mol. The fourth-order valence-corrected chi connectivity index (χ4v) is 2.33. The van der Waals surface area contributed by atoms with E-state index < -0.39 is 0 Å². The molecule has 112 valence electrons. The number of carbonyl (C=O) groups excluding carboxylic acids is 1. The number of methoxy groups -OCH3 is 1. The van der Waals surface area contributed by atoms with Gasteiger partial charge in [-0.05, 0) is 6.92 Å². The topological polar surface area (TPSA) is 81.9 Å². The van der Waals surface area contributed by atoms with Crippen LogP contribution in [0.15, 0.2) is 29.8 Å². The predicted octanol–water partition coefficient (Wildman–Crippen LogP) is 1.65. The number of thioether (sulfide) groups is 1. The van der Waals surface area contributed by atoms with Crippen LogP contribution in [0.25, 0.3) is 0 Å². The van der Waals surface area contributed by atoms with Crippen molar-refractivity contribution in [3.05, 3.63) is 30.4 Å². The summed E-state index contributed by atoms with van der Waals surface area (Å²) in [6.07, 6.45) is 7.02. The Morgan fingerprint density at radius 2 is 2.29 bits per heavy atom. The van der Waals surface area contributed by atoms with Crippen LogP contribution in [0.4, 0.5) is 5.82 Å². The van der Waals surface area contributed by atoms with E-state index in [2.05, 4.69) is 25.1 Å². The first kappa shape index (κ1) is 15.3. The summed E-state index contributed by atoms with van der Waals surface area (Å²) in [6.45, 7) is 2.02. The second-order valence-electron chi connectivity index (χ2n) is 4.42. The number of rotatable bonds is 6. The van der Waals surface area contributed by atoms with E-state index in [0.717, 1.165) is 5.56 Å². The lowest BCUT2D eigenvalue weighted by atomic mass is 10.2. The lowest BCUT2D eigenvalue weighted by molar-refractivity contribution is -0.137. The zero-order chi connectivity index (χ0) is 15.2. The number of nitrogens with zero attached hydrogens (tertiary/aromatic N) is 4. The Morgan fingerprint density at radius 1 is 1.48 bits per heavy atom. The molecule has 0 amide bonds. The number of aryl methyl sites for hydroxylation is 1. The van der Waals surface area contributed by atoms with Gasteiger partial charge in [-0.1, -0.05) is 11.8 Å². The van der Waals surface area contributed by atoms with Gasteiger partial charge in [0.05, 0.1) is 37.5 Å². The van der Waals surface area contributed by atoms with Crippen molar-refractivity contribution >= 4 is 23.5 Å². The van der Waals surface area contributed by atoms with E-state index in [1.807, 2.05) is 20.2 Å². The fraction of sp³-hybridized carbons (Fsp3) is 0.385. The number of hydrogen-bond donors (Lipinski definition) is 1. The van der Waals surface area contributed by atoms with Crippen LogP contribution in [0, 0.1) is 0 Å². The second-order valence-corrected chi connectivity index (χ2v) is 5.42. The molecule has 1 unspecified atom stereocenters. The minimum absolute atomic E-state index is 0.0638. The molecule has 21 heavy (non-hydrogen) atoms. The van der Waals surface area contributed by atoms with Gasteiger partial charge < -0.3 is 10.1 Å². The Balaban J connectivity index is 1.98. The minimum Gasteiger partial charge on any atom is -0.468 e. The van der Waals surface area contributed by atoms with Crippen molar-refractivity contribution in [2.45, 2.75) is 18.0 Å². The molecule has 2 aromatic rings. The van der Waals surface area contributed by atoms with Crippen LogP contribution in [-0.4, -0.2) is 38.6 Å². The Morgan fingerprint density at radius 3 is 2.95 bits per heavy atom. The van der Waals surface area contributed by atoms with E-state index in [1.165, 1.54) is 18.9 Å². The van der Waals surface area contributed by atoms with Crippen LogP contribution >= 0.6 is 11.8 Å². The Bertz CT molecular complexity index is 616. The Kier molecular flexibility index (Phi) is 5.15. The molecule has 0 aliphatic heterocycles. The fourth-order valence-electron chi connectivity index (χ4n) is 1.65. The molecule has 2 heterocycles. The first-order valence-electron chi connectivity index (χ1n) is 6.35. The number of anilines is 1. The molecule has 1 N–H and O–H groups in total. The van der Waals surface area contributed by atoms with E-state index in [0.29, 0.717) is 10.8 Å². The molecule has 1 atom stereocenters. The van der Waals surface area contributed by atoms with Crippen molar-refractivity contribution in [1.82, 2.24) is 19.7 Å². The number of aromatic nitrogens is 4. The molecule has 0 aliphatic carbocycles. The number of hydrogen-bond acceptors (Lipinski definition) is 7. The minimum atomic E-state index is -0.288. The van der Waals surface area contributed by atoms with Crippen molar-refractivity contribution in [3.63, 3.8) is 0 Å². The molecule has 7 nitrogen and oxygen atoms in total. The molecule has 0 radical (unpaired) electrons.